The van der Waals surface area contributed by atoms with Crippen molar-refractivity contribution in [2.75, 3.05) is 33.0 Å². The topological polar surface area (TPSA) is 449 Å². The molecule has 2 amide bonds. The Morgan fingerprint density at radius 3 is 1.49 bits per heavy atom. The Hall–Kier alpha value is -3.02. The van der Waals surface area contributed by atoms with Gasteiger partial charge in [-0.25, -0.2) is 4.79 Å². The third-order valence-corrected chi connectivity index (χ3v) is 20.3. The Balaban J connectivity index is 1.47. The number of aliphatic hydroxyl groups is 13. The van der Waals surface area contributed by atoms with Gasteiger partial charge < -0.3 is 125 Å². The van der Waals surface area contributed by atoms with Crippen molar-refractivity contribution in [1.82, 2.24) is 10.6 Å². The number of aliphatic hydroxyl groups excluding tert-OH is 13. The number of nitrogens with one attached hydrogen (secondary N) is 2. The highest BCUT2D eigenvalue weighted by molar-refractivity contribution is 5.77. The van der Waals surface area contributed by atoms with E-state index in [0.717, 1.165) is 71.6 Å². The summed E-state index contributed by atoms with van der Waals surface area (Å²) in [4.78, 5) is 52.2. The second kappa shape index (κ2) is 51.3. The summed E-state index contributed by atoms with van der Waals surface area (Å²) in [5, 5.41) is 161. The van der Waals surface area contributed by atoms with Crippen molar-refractivity contribution >= 4 is 23.6 Å². The maximum absolute atomic E-state index is 13.6. The molecule has 4 aliphatic heterocycles. The van der Waals surface area contributed by atoms with E-state index in [0.29, 0.717) is 19.3 Å². The normalized spacial score (nSPS) is 31.2. The van der Waals surface area contributed by atoms with Crippen molar-refractivity contribution in [2.45, 2.75) is 393 Å². The quantitative estimate of drug-likeness (QED) is 0.0293. The molecule has 0 spiro atoms. The molecule has 23 atom stereocenters. The molecule has 0 aromatic heterocycles. The fourth-order valence-corrected chi connectivity index (χ4v) is 14.1. The number of amides is 2. The van der Waals surface area contributed by atoms with Crippen LogP contribution >= 0.6 is 0 Å². The molecule has 28 nitrogen and oxygen atoms in total. The van der Waals surface area contributed by atoms with Gasteiger partial charge in [0.15, 0.2) is 18.9 Å². The first-order chi connectivity index (χ1) is 49.0. The SMILES string of the molecule is CCCCCCCCC=CCCCCCCCCCCCCCC(=O)NC(COC1OC(CO)C(OC2OC(CO)C(OC3OC(CO)C(O)C(O)C3CC(C)=O)C(OC3(C(=O)O)CC(O)C(NC(C)=O)C(C(O)C(O)CO)O3)C2O)C(O)C1O)C(O)CCCCCCCCCCCCCCC. The number of carboxylic acids is 1. The van der Waals surface area contributed by atoms with Gasteiger partial charge in [0.1, 0.15) is 85.1 Å². The Morgan fingerprint density at radius 1 is 0.529 bits per heavy atom. The first-order valence-electron chi connectivity index (χ1n) is 38.8. The van der Waals surface area contributed by atoms with E-state index in [2.05, 4.69) is 36.6 Å². The summed E-state index contributed by atoms with van der Waals surface area (Å²) in [5.74, 6) is -8.50. The number of Topliss-reactive ketones (excluding diaryl/α,β-unsaturated/α-hetero) is 1. The van der Waals surface area contributed by atoms with Crippen molar-refractivity contribution in [2.24, 2.45) is 5.92 Å². The molecule has 0 aromatic rings. The number of unbranched alkanes of at least 4 members (excludes halogenated alkanes) is 29. The van der Waals surface area contributed by atoms with Crippen LogP contribution in [0, 0.1) is 5.92 Å². The van der Waals surface area contributed by atoms with Crippen LogP contribution in [0.3, 0.4) is 0 Å². The van der Waals surface area contributed by atoms with Crippen LogP contribution in [0.2, 0.25) is 0 Å². The standard InChI is InChI=1S/C74H134N2O26/c1-5-7-9-11-13-15-17-19-20-21-22-23-24-25-26-28-30-32-34-36-38-40-58(86)76-51(52(83)39-37-35-33-31-29-27-18-16-14-12-10-8-6-2)47-95-71-64(91)63(90)66(56(45-79)97-71)99-72-65(92)69(67(57(46-80)98-72)100-70-50(41-48(3)81)60(87)62(89)55(44-78)96-70)102-74(73(93)94)42-53(84)59(75-49(4)82)68(101-74)61(88)54(85)43-77/h19-20,50-57,59-72,77-80,83-85,87-92H,5-18,21-47H2,1-4H3,(H,75,82)(H,76,86)(H,93,94). The number of hydrogen-bond acceptors (Lipinski definition) is 25. The average molecular weight is 1470 g/mol. The molecule has 4 heterocycles. The summed E-state index contributed by atoms with van der Waals surface area (Å²) in [6, 6.07) is -2.70. The molecule has 4 aliphatic rings. The highest BCUT2D eigenvalue weighted by atomic mass is 16.8. The summed E-state index contributed by atoms with van der Waals surface area (Å²) in [6.07, 6.45) is 3.33. The van der Waals surface area contributed by atoms with E-state index >= 15 is 0 Å². The van der Waals surface area contributed by atoms with Crippen LogP contribution in [0.5, 0.6) is 0 Å². The number of allylic oxidation sites excluding steroid dienone is 2. The smallest absolute Gasteiger partial charge is 0.364 e. The van der Waals surface area contributed by atoms with Crippen LogP contribution in [0.25, 0.3) is 0 Å². The van der Waals surface area contributed by atoms with Crippen molar-refractivity contribution in [3.05, 3.63) is 12.2 Å². The molecular weight excluding hydrogens is 1330 g/mol. The van der Waals surface area contributed by atoms with Gasteiger partial charge in [-0.1, -0.05) is 199 Å². The van der Waals surface area contributed by atoms with Gasteiger partial charge in [-0.05, 0) is 45.4 Å². The number of carbonyl (C=O) groups excluding carboxylic acids is 3. The molecule has 23 unspecified atom stereocenters. The number of carbonyl (C=O) groups is 4. The highest BCUT2D eigenvalue weighted by Crippen LogP contribution is 2.41. The van der Waals surface area contributed by atoms with Crippen LogP contribution in [0.15, 0.2) is 12.2 Å². The summed E-state index contributed by atoms with van der Waals surface area (Å²) in [5.41, 5.74) is 0. The monoisotopic (exact) mass is 1470 g/mol. The predicted molar refractivity (Wildman–Crippen MR) is 375 cm³/mol. The van der Waals surface area contributed by atoms with Crippen LogP contribution in [0.1, 0.15) is 259 Å². The fourth-order valence-electron chi connectivity index (χ4n) is 14.1. The van der Waals surface area contributed by atoms with E-state index in [1.165, 1.54) is 135 Å². The summed E-state index contributed by atoms with van der Waals surface area (Å²) in [7, 11) is 0. The third-order valence-electron chi connectivity index (χ3n) is 20.3. The van der Waals surface area contributed by atoms with Gasteiger partial charge in [0.2, 0.25) is 11.8 Å². The van der Waals surface area contributed by atoms with E-state index in [-0.39, 0.29) is 12.3 Å². The molecule has 596 valence electrons. The molecule has 0 bridgehead atoms. The lowest BCUT2D eigenvalue weighted by Crippen LogP contribution is -2.71. The van der Waals surface area contributed by atoms with Gasteiger partial charge >= 0.3 is 5.97 Å². The zero-order valence-corrected chi connectivity index (χ0v) is 61.5. The van der Waals surface area contributed by atoms with Gasteiger partial charge in [-0.15, -0.1) is 0 Å². The van der Waals surface area contributed by atoms with Crippen LogP contribution in [-0.4, -0.2) is 262 Å². The molecule has 102 heavy (non-hydrogen) atoms. The lowest BCUT2D eigenvalue weighted by atomic mass is 9.87. The molecule has 16 N–H and O–H groups in total. The lowest BCUT2D eigenvalue weighted by Gasteiger charge is -2.52. The number of hydrogen-bond donors (Lipinski definition) is 16. The molecule has 28 heteroatoms. The molecule has 4 rings (SSSR count). The van der Waals surface area contributed by atoms with Gasteiger partial charge in [0, 0.05) is 32.1 Å². The van der Waals surface area contributed by atoms with Crippen molar-refractivity contribution in [1.29, 1.82) is 0 Å². The number of carboxylic acid groups (broad SMARTS) is 1. The predicted octanol–water partition coefficient (Wildman–Crippen LogP) is 4.56. The Kier molecular flexibility index (Phi) is 46.0. The van der Waals surface area contributed by atoms with Crippen LogP contribution < -0.4 is 10.6 Å². The first-order valence-corrected chi connectivity index (χ1v) is 38.8. The van der Waals surface area contributed by atoms with Gasteiger partial charge in [-0.2, -0.15) is 0 Å². The Labute approximate surface area is 604 Å². The molecule has 4 fully saturated rings. The molecule has 0 aromatic carbocycles. The van der Waals surface area contributed by atoms with Crippen molar-refractivity contribution in [3.8, 4) is 0 Å². The van der Waals surface area contributed by atoms with E-state index in [1.807, 2.05) is 0 Å². The molecule has 0 radical (unpaired) electrons. The lowest BCUT2D eigenvalue weighted by molar-refractivity contribution is -0.403. The summed E-state index contributed by atoms with van der Waals surface area (Å²) >= 11 is 0. The number of aliphatic carboxylic acids is 1. The zero-order chi connectivity index (χ0) is 75.0. The van der Waals surface area contributed by atoms with Crippen LogP contribution in [-0.2, 0) is 57.1 Å². The zero-order valence-electron chi connectivity index (χ0n) is 61.5. The van der Waals surface area contributed by atoms with Crippen LogP contribution in [0.4, 0.5) is 0 Å². The fraction of sp³-hybridized carbons (Fsp3) is 0.919. The number of ether oxygens (including phenoxy) is 8. The highest BCUT2D eigenvalue weighted by Gasteiger charge is 2.61. The Bertz CT molecular complexity index is 2280. The minimum absolute atomic E-state index is 0.185. The van der Waals surface area contributed by atoms with Crippen molar-refractivity contribution in [3.63, 3.8) is 0 Å². The minimum atomic E-state index is -3.26. The molecule has 0 aliphatic carbocycles. The number of rotatable bonds is 56. The molecular formula is C74H134N2O26. The molecule has 0 saturated carbocycles. The second-order valence-corrected chi connectivity index (χ2v) is 28.9. The van der Waals surface area contributed by atoms with E-state index in [1.54, 1.807) is 0 Å². The van der Waals surface area contributed by atoms with E-state index in [9.17, 15) is 90.7 Å². The number of ketones is 1. The maximum atomic E-state index is 13.6. The molecule has 4 saturated heterocycles. The van der Waals surface area contributed by atoms with Gasteiger partial charge in [-0.3, -0.25) is 9.59 Å². The third kappa shape index (κ3) is 31.3. The van der Waals surface area contributed by atoms with E-state index < -0.39 is 204 Å². The summed E-state index contributed by atoms with van der Waals surface area (Å²) in [6.45, 7) is 2.01. The minimum Gasteiger partial charge on any atom is -0.477 e. The maximum Gasteiger partial charge on any atom is 0.364 e. The Morgan fingerprint density at radius 2 is 1.00 bits per heavy atom. The average Bonchev–Trinajstić information content (AvgIpc) is 0.751. The summed E-state index contributed by atoms with van der Waals surface area (Å²) < 4.78 is 48.2. The van der Waals surface area contributed by atoms with Crippen molar-refractivity contribution < 1.29 is 129 Å². The largest absolute Gasteiger partial charge is 0.477 e. The van der Waals surface area contributed by atoms with E-state index in [4.69, 9.17) is 37.9 Å². The van der Waals surface area contributed by atoms with Gasteiger partial charge in [0.25, 0.3) is 5.79 Å². The van der Waals surface area contributed by atoms with Gasteiger partial charge in [0.05, 0.1) is 63.4 Å². The second-order valence-electron chi connectivity index (χ2n) is 28.9. The first kappa shape index (κ1) is 91.4.